The van der Waals surface area contributed by atoms with Crippen molar-refractivity contribution in [3.05, 3.63) is 17.5 Å². The zero-order valence-electron chi connectivity index (χ0n) is 9.08. The van der Waals surface area contributed by atoms with Gasteiger partial charge >= 0.3 is 0 Å². The minimum atomic E-state index is 0.400. The number of hydrogen-bond donors (Lipinski definition) is 0. The maximum absolute atomic E-state index is 4.44. The average molecular weight is 258 g/mol. The lowest BCUT2D eigenvalue weighted by Crippen LogP contribution is -2.31. The van der Waals surface area contributed by atoms with E-state index >= 15 is 0 Å². The lowest BCUT2D eigenvalue weighted by molar-refractivity contribution is 0.738. The molecule has 0 bridgehead atoms. The van der Waals surface area contributed by atoms with Crippen LogP contribution in [0.4, 0.5) is 5.95 Å². The van der Waals surface area contributed by atoms with Crippen LogP contribution in [-0.4, -0.2) is 28.4 Å². The van der Waals surface area contributed by atoms with Crippen LogP contribution in [0.5, 0.6) is 0 Å². The van der Waals surface area contributed by atoms with Gasteiger partial charge in [0.15, 0.2) is 0 Å². The summed E-state index contributed by atoms with van der Waals surface area (Å²) in [6.45, 7) is 6.16. The Morgan fingerprint density at radius 3 is 2.64 bits per heavy atom. The van der Waals surface area contributed by atoms with Crippen molar-refractivity contribution in [1.82, 2.24) is 9.97 Å². The molecule has 0 aliphatic carbocycles. The number of anilines is 1. The Morgan fingerprint density at radius 1 is 1.50 bits per heavy atom. The van der Waals surface area contributed by atoms with Gasteiger partial charge in [-0.15, -0.1) is 0 Å². The molecule has 0 N–H and O–H groups in total. The van der Waals surface area contributed by atoms with E-state index in [2.05, 4.69) is 37.7 Å². The van der Waals surface area contributed by atoms with Crippen molar-refractivity contribution in [2.75, 3.05) is 17.3 Å². The molecule has 0 saturated carbocycles. The maximum atomic E-state index is 4.44. The van der Waals surface area contributed by atoms with Crippen molar-refractivity contribution < 1.29 is 0 Å². The minimum Gasteiger partial charge on any atom is -0.340 e. The van der Waals surface area contributed by atoms with E-state index in [1.165, 1.54) is 0 Å². The monoisotopic (exact) mass is 257 g/mol. The Labute approximate surface area is 93.7 Å². The molecule has 3 nitrogen and oxygen atoms in total. The molecule has 0 amide bonds. The number of aryl methyl sites for hydroxylation is 2. The quantitative estimate of drug-likeness (QED) is 0.779. The number of rotatable bonds is 3. The third kappa shape index (κ3) is 2.44. The normalized spacial score (nSPS) is 12.6. The van der Waals surface area contributed by atoms with Crippen molar-refractivity contribution in [3.8, 4) is 0 Å². The van der Waals surface area contributed by atoms with Gasteiger partial charge in [-0.1, -0.05) is 15.9 Å². The Hall–Kier alpha value is -0.640. The molecule has 78 valence electrons. The molecule has 0 spiro atoms. The van der Waals surface area contributed by atoms with E-state index < -0.39 is 0 Å². The molecule has 1 aromatic heterocycles. The highest BCUT2D eigenvalue weighted by Crippen LogP contribution is 2.12. The molecule has 0 fully saturated rings. The zero-order valence-corrected chi connectivity index (χ0v) is 10.7. The fourth-order valence-electron chi connectivity index (χ4n) is 0.986. The molecule has 0 aliphatic heterocycles. The predicted octanol–water partition coefficient (Wildman–Crippen LogP) is 2.31. The van der Waals surface area contributed by atoms with Crippen molar-refractivity contribution in [3.63, 3.8) is 0 Å². The molecule has 0 aliphatic rings. The van der Waals surface area contributed by atoms with Crippen LogP contribution in [0.25, 0.3) is 0 Å². The topological polar surface area (TPSA) is 29.0 Å². The molecule has 0 aromatic carbocycles. The average Bonchev–Trinajstić information content (AvgIpc) is 2.20. The third-order valence-electron chi connectivity index (χ3n) is 2.41. The highest BCUT2D eigenvalue weighted by molar-refractivity contribution is 9.09. The van der Waals surface area contributed by atoms with Gasteiger partial charge in [0, 0.05) is 30.3 Å². The first-order valence-corrected chi connectivity index (χ1v) is 5.77. The Bertz CT molecular complexity index is 314. The van der Waals surface area contributed by atoms with Gasteiger partial charge in [-0.2, -0.15) is 0 Å². The number of alkyl halides is 1. The van der Waals surface area contributed by atoms with Gasteiger partial charge in [0.1, 0.15) is 0 Å². The van der Waals surface area contributed by atoms with Crippen LogP contribution in [0.2, 0.25) is 0 Å². The Morgan fingerprint density at radius 2 is 2.14 bits per heavy atom. The molecule has 0 saturated heterocycles. The van der Waals surface area contributed by atoms with Crippen LogP contribution in [0.1, 0.15) is 18.2 Å². The fraction of sp³-hybridized carbons (Fsp3) is 0.600. The van der Waals surface area contributed by atoms with Gasteiger partial charge in [-0.25, -0.2) is 9.97 Å². The summed E-state index contributed by atoms with van der Waals surface area (Å²) < 4.78 is 0. The summed E-state index contributed by atoms with van der Waals surface area (Å²) in [4.78, 5) is 10.8. The van der Waals surface area contributed by atoms with Crippen molar-refractivity contribution in [2.24, 2.45) is 0 Å². The zero-order chi connectivity index (χ0) is 10.7. The van der Waals surface area contributed by atoms with Gasteiger partial charge in [-0.3, -0.25) is 0 Å². The summed E-state index contributed by atoms with van der Waals surface area (Å²) in [7, 11) is 2.01. The van der Waals surface area contributed by atoms with Crippen molar-refractivity contribution >= 4 is 21.9 Å². The number of hydrogen-bond acceptors (Lipinski definition) is 3. The van der Waals surface area contributed by atoms with Crippen LogP contribution in [0.3, 0.4) is 0 Å². The van der Waals surface area contributed by atoms with E-state index in [1.807, 2.05) is 27.1 Å². The second-order valence-electron chi connectivity index (χ2n) is 3.55. The summed E-state index contributed by atoms with van der Waals surface area (Å²) in [5.74, 6) is 0.792. The van der Waals surface area contributed by atoms with E-state index in [9.17, 15) is 0 Å². The molecule has 0 radical (unpaired) electrons. The Balaban J connectivity index is 2.91. The van der Waals surface area contributed by atoms with Gasteiger partial charge in [0.2, 0.25) is 5.95 Å². The molecular weight excluding hydrogens is 242 g/mol. The highest BCUT2D eigenvalue weighted by atomic mass is 79.9. The molecular formula is C10H16BrN3. The molecule has 1 heterocycles. The fourth-order valence-corrected chi connectivity index (χ4v) is 1.42. The van der Waals surface area contributed by atoms with Crippen LogP contribution in [0, 0.1) is 13.8 Å². The van der Waals surface area contributed by atoms with E-state index in [4.69, 9.17) is 0 Å². The molecule has 14 heavy (non-hydrogen) atoms. The van der Waals surface area contributed by atoms with Gasteiger partial charge in [0.25, 0.3) is 0 Å². The van der Waals surface area contributed by atoms with E-state index in [-0.39, 0.29) is 0 Å². The summed E-state index contributed by atoms with van der Waals surface area (Å²) in [6, 6.07) is 0.400. The number of aromatic nitrogens is 2. The van der Waals surface area contributed by atoms with Crippen LogP contribution >= 0.6 is 15.9 Å². The third-order valence-corrected chi connectivity index (χ3v) is 3.35. The van der Waals surface area contributed by atoms with Gasteiger partial charge in [-0.05, 0) is 26.3 Å². The summed E-state index contributed by atoms with van der Waals surface area (Å²) in [5.41, 5.74) is 2.18. The smallest absolute Gasteiger partial charge is 0.225 e. The molecule has 1 atom stereocenters. The lowest BCUT2D eigenvalue weighted by Gasteiger charge is -2.23. The van der Waals surface area contributed by atoms with Crippen molar-refractivity contribution in [2.45, 2.75) is 26.8 Å². The molecule has 1 rings (SSSR count). The Kier molecular flexibility index (Phi) is 3.86. The molecule has 4 heteroatoms. The first-order valence-electron chi connectivity index (χ1n) is 4.65. The minimum absolute atomic E-state index is 0.400. The highest BCUT2D eigenvalue weighted by Gasteiger charge is 2.11. The first kappa shape index (κ1) is 11.4. The van der Waals surface area contributed by atoms with Crippen molar-refractivity contribution in [1.29, 1.82) is 0 Å². The maximum Gasteiger partial charge on any atom is 0.225 e. The lowest BCUT2D eigenvalue weighted by atomic mass is 10.3. The van der Waals surface area contributed by atoms with Crippen LogP contribution in [0.15, 0.2) is 6.20 Å². The van der Waals surface area contributed by atoms with Crippen LogP contribution < -0.4 is 4.90 Å². The standard InChI is InChI=1S/C10H16BrN3/c1-7-6-12-10(13-9(7)3)14(4)8(2)5-11/h6,8H,5H2,1-4H3. The predicted molar refractivity (Wildman–Crippen MR) is 63.2 cm³/mol. The second-order valence-corrected chi connectivity index (χ2v) is 4.20. The number of nitrogens with zero attached hydrogens (tertiary/aromatic N) is 3. The summed E-state index contributed by atoms with van der Waals surface area (Å²) in [5, 5.41) is 0.916. The SMILES string of the molecule is Cc1cnc(N(C)C(C)CBr)nc1C. The first-order chi connectivity index (χ1) is 6.56. The largest absolute Gasteiger partial charge is 0.340 e. The summed E-state index contributed by atoms with van der Waals surface area (Å²) >= 11 is 3.45. The van der Waals surface area contributed by atoms with Gasteiger partial charge in [0.05, 0.1) is 0 Å². The van der Waals surface area contributed by atoms with E-state index in [0.29, 0.717) is 6.04 Å². The van der Waals surface area contributed by atoms with E-state index in [0.717, 1.165) is 22.5 Å². The van der Waals surface area contributed by atoms with Crippen LogP contribution in [-0.2, 0) is 0 Å². The molecule has 1 aromatic rings. The molecule has 1 unspecified atom stereocenters. The summed E-state index contributed by atoms with van der Waals surface area (Å²) in [6.07, 6.45) is 1.87. The van der Waals surface area contributed by atoms with Gasteiger partial charge < -0.3 is 4.90 Å². The van der Waals surface area contributed by atoms with E-state index in [1.54, 1.807) is 0 Å². The number of halogens is 1. The second kappa shape index (κ2) is 4.73.